The first-order valence-electron chi connectivity index (χ1n) is 12.5. The van der Waals surface area contributed by atoms with Gasteiger partial charge >= 0.3 is 12.1 Å². The van der Waals surface area contributed by atoms with Crippen molar-refractivity contribution in [1.29, 1.82) is 0 Å². The van der Waals surface area contributed by atoms with E-state index in [1.165, 1.54) is 11.1 Å². The molecule has 0 bridgehead atoms. The minimum Gasteiger partial charge on any atom is -0.481 e. The number of aliphatic carboxylic acids is 1. The molecule has 2 aliphatic carbocycles. The number of carbonyl (C=O) groups excluding carboxylic acids is 2. The highest BCUT2D eigenvalue weighted by Gasteiger charge is 2.37. The van der Waals surface area contributed by atoms with Gasteiger partial charge in [0.2, 0.25) is 5.91 Å². The zero-order chi connectivity index (χ0) is 24.8. The van der Waals surface area contributed by atoms with E-state index in [0.29, 0.717) is 19.3 Å². The number of amides is 2. The second kappa shape index (κ2) is 10.9. The molecule has 0 heterocycles. The van der Waals surface area contributed by atoms with Crippen LogP contribution >= 0.6 is 0 Å². The number of carboxylic acids is 1. The van der Waals surface area contributed by atoms with E-state index in [1.807, 2.05) is 31.2 Å². The molecule has 0 unspecified atom stereocenters. The third kappa shape index (κ3) is 5.84. The molecule has 2 aromatic rings. The van der Waals surface area contributed by atoms with Crippen molar-refractivity contribution < 1.29 is 24.2 Å². The molecule has 1 saturated carbocycles. The minimum atomic E-state index is -0.943. The molecule has 186 valence electrons. The van der Waals surface area contributed by atoms with Crippen LogP contribution in [0.3, 0.4) is 0 Å². The van der Waals surface area contributed by atoms with Gasteiger partial charge in [-0.1, -0.05) is 74.7 Å². The van der Waals surface area contributed by atoms with Gasteiger partial charge < -0.3 is 20.5 Å². The molecule has 2 aromatic carbocycles. The molecule has 4 rings (SSSR count). The number of benzene rings is 2. The highest BCUT2D eigenvalue weighted by Crippen LogP contribution is 2.44. The van der Waals surface area contributed by atoms with Gasteiger partial charge in [0, 0.05) is 18.4 Å². The largest absolute Gasteiger partial charge is 0.481 e. The summed E-state index contributed by atoms with van der Waals surface area (Å²) in [5.74, 6) is -1.21. The van der Waals surface area contributed by atoms with E-state index in [9.17, 15) is 14.4 Å². The summed E-state index contributed by atoms with van der Waals surface area (Å²) in [4.78, 5) is 36.8. The number of carbonyl (C=O) groups is 3. The molecule has 0 saturated heterocycles. The number of rotatable bonds is 9. The topological polar surface area (TPSA) is 105 Å². The van der Waals surface area contributed by atoms with E-state index < -0.39 is 23.6 Å². The van der Waals surface area contributed by atoms with Gasteiger partial charge in [0.05, 0.1) is 12.0 Å². The molecule has 0 aliphatic heterocycles. The SMILES string of the molecule is CC[C@H](CC(=O)O)NC(=O)CC1(NC(=O)OCC2c3ccccc3-c3ccccc32)CCCCC1. The van der Waals surface area contributed by atoms with E-state index in [-0.39, 0.29) is 31.3 Å². The monoisotopic (exact) mass is 478 g/mol. The van der Waals surface area contributed by atoms with E-state index in [4.69, 9.17) is 9.84 Å². The average Bonchev–Trinajstić information content (AvgIpc) is 3.16. The molecule has 0 aromatic heterocycles. The van der Waals surface area contributed by atoms with Crippen LogP contribution in [0.5, 0.6) is 0 Å². The van der Waals surface area contributed by atoms with Gasteiger partial charge in [0.15, 0.2) is 0 Å². The number of fused-ring (bicyclic) bond motifs is 3. The Morgan fingerprint density at radius 2 is 1.60 bits per heavy atom. The van der Waals surface area contributed by atoms with Crippen molar-refractivity contribution >= 4 is 18.0 Å². The minimum absolute atomic E-state index is 0.0277. The Hall–Kier alpha value is -3.35. The van der Waals surface area contributed by atoms with Gasteiger partial charge in [-0.2, -0.15) is 0 Å². The predicted molar refractivity (Wildman–Crippen MR) is 133 cm³/mol. The van der Waals surface area contributed by atoms with Crippen LogP contribution in [0, 0.1) is 0 Å². The van der Waals surface area contributed by atoms with Crippen LogP contribution in [0.25, 0.3) is 11.1 Å². The maximum absolute atomic E-state index is 13.0. The molecule has 3 N–H and O–H groups in total. The lowest BCUT2D eigenvalue weighted by molar-refractivity contribution is -0.137. The first kappa shape index (κ1) is 24.8. The van der Waals surface area contributed by atoms with Crippen molar-refractivity contribution in [2.75, 3.05) is 6.61 Å². The van der Waals surface area contributed by atoms with E-state index in [2.05, 4.69) is 34.9 Å². The lowest BCUT2D eigenvalue weighted by Gasteiger charge is -2.37. The molecule has 7 heteroatoms. The quantitative estimate of drug-likeness (QED) is 0.471. The fraction of sp³-hybridized carbons (Fsp3) is 0.464. The Morgan fingerprint density at radius 1 is 1.00 bits per heavy atom. The van der Waals surface area contributed by atoms with Gasteiger partial charge in [0.1, 0.15) is 6.61 Å². The summed E-state index contributed by atoms with van der Waals surface area (Å²) in [6.07, 6.45) is 4.31. The molecule has 1 fully saturated rings. The van der Waals surface area contributed by atoms with Crippen LogP contribution in [-0.2, 0) is 14.3 Å². The molecule has 2 amide bonds. The van der Waals surface area contributed by atoms with Crippen molar-refractivity contribution in [3.05, 3.63) is 59.7 Å². The Balaban J connectivity index is 1.40. The second-order valence-corrected chi connectivity index (χ2v) is 9.74. The van der Waals surface area contributed by atoms with Crippen molar-refractivity contribution in [1.82, 2.24) is 10.6 Å². The van der Waals surface area contributed by atoms with Crippen LogP contribution in [0.4, 0.5) is 4.79 Å². The summed E-state index contributed by atoms with van der Waals surface area (Å²) >= 11 is 0. The highest BCUT2D eigenvalue weighted by molar-refractivity contribution is 5.80. The predicted octanol–water partition coefficient (Wildman–Crippen LogP) is 4.99. The fourth-order valence-corrected chi connectivity index (χ4v) is 5.52. The Kier molecular flexibility index (Phi) is 7.73. The number of hydrogen-bond acceptors (Lipinski definition) is 4. The molecule has 35 heavy (non-hydrogen) atoms. The normalized spacial score (nSPS) is 17.1. The van der Waals surface area contributed by atoms with Crippen LogP contribution in [0.2, 0.25) is 0 Å². The lowest BCUT2D eigenvalue weighted by Crippen LogP contribution is -2.53. The molecule has 0 spiro atoms. The van der Waals surface area contributed by atoms with Crippen molar-refractivity contribution in [2.45, 2.75) is 75.8 Å². The van der Waals surface area contributed by atoms with Crippen LogP contribution in [0.1, 0.15) is 75.3 Å². The number of hydrogen-bond donors (Lipinski definition) is 3. The van der Waals surface area contributed by atoms with Crippen molar-refractivity contribution in [2.24, 2.45) is 0 Å². The third-order valence-electron chi connectivity index (χ3n) is 7.30. The maximum Gasteiger partial charge on any atom is 0.407 e. The Labute approximate surface area is 206 Å². The van der Waals surface area contributed by atoms with Crippen molar-refractivity contribution in [3.63, 3.8) is 0 Å². The number of ether oxygens (including phenoxy) is 1. The third-order valence-corrected chi connectivity index (χ3v) is 7.30. The first-order chi connectivity index (χ1) is 16.9. The molecule has 1 atom stereocenters. The molecular weight excluding hydrogens is 444 g/mol. The smallest absolute Gasteiger partial charge is 0.407 e. The summed E-state index contributed by atoms with van der Waals surface area (Å²) < 4.78 is 5.74. The van der Waals surface area contributed by atoms with E-state index in [0.717, 1.165) is 30.4 Å². The fourth-order valence-electron chi connectivity index (χ4n) is 5.52. The number of nitrogens with one attached hydrogen (secondary N) is 2. The van der Waals surface area contributed by atoms with Gasteiger partial charge in [-0.25, -0.2) is 4.79 Å². The summed E-state index contributed by atoms with van der Waals surface area (Å²) in [7, 11) is 0. The standard InChI is InChI=1S/C28H34N2O5/c1-2-19(16-26(32)33)29-25(31)17-28(14-8-3-9-15-28)30-27(34)35-18-24-22-12-6-4-10-20(22)21-11-5-7-13-23(21)24/h4-7,10-13,19,24H,2-3,8-9,14-18H2,1H3,(H,29,31)(H,30,34)(H,32,33)/t19-/m1/s1. The number of alkyl carbamates (subject to hydrolysis) is 1. The van der Waals surface area contributed by atoms with Gasteiger partial charge in [-0.15, -0.1) is 0 Å². The lowest BCUT2D eigenvalue weighted by atomic mass is 9.79. The van der Waals surface area contributed by atoms with Crippen molar-refractivity contribution in [3.8, 4) is 11.1 Å². The number of carboxylic acid groups (broad SMARTS) is 1. The van der Waals surface area contributed by atoms with E-state index >= 15 is 0 Å². The first-order valence-corrected chi connectivity index (χ1v) is 12.5. The maximum atomic E-state index is 13.0. The summed E-state index contributed by atoms with van der Waals surface area (Å²) in [5.41, 5.74) is 3.97. The highest BCUT2D eigenvalue weighted by atomic mass is 16.5. The summed E-state index contributed by atoms with van der Waals surface area (Å²) in [5, 5.41) is 14.9. The van der Waals surface area contributed by atoms with Crippen LogP contribution in [-0.4, -0.2) is 41.3 Å². The van der Waals surface area contributed by atoms with Crippen LogP contribution in [0.15, 0.2) is 48.5 Å². The molecule has 0 radical (unpaired) electrons. The van der Waals surface area contributed by atoms with Gasteiger partial charge in [-0.3, -0.25) is 9.59 Å². The molecular formula is C28H34N2O5. The second-order valence-electron chi connectivity index (χ2n) is 9.74. The summed E-state index contributed by atoms with van der Waals surface area (Å²) in [6.45, 7) is 2.07. The Morgan fingerprint density at radius 3 is 2.17 bits per heavy atom. The molecule has 2 aliphatic rings. The Bertz CT molecular complexity index is 1030. The van der Waals surface area contributed by atoms with E-state index in [1.54, 1.807) is 0 Å². The summed E-state index contributed by atoms with van der Waals surface area (Å²) in [6, 6.07) is 16.0. The van der Waals surface area contributed by atoms with Gasteiger partial charge in [0.25, 0.3) is 0 Å². The zero-order valence-corrected chi connectivity index (χ0v) is 20.2. The van der Waals surface area contributed by atoms with Crippen LogP contribution < -0.4 is 10.6 Å². The average molecular weight is 479 g/mol. The zero-order valence-electron chi connectivity index (χ0n) is 20.2. The van der Waals surface area contributed by atoms with Gasteiger partial charge in [-0.05, 0) is 41.5 Å². The molecule has 7 nitrogen and oxygen atoms in total.